The third-order valence-electron chi connectivity index (χ3n) is 4.68. The zero-order valence-corrected chi connectivity index (χ0v) is 15.3. The molecular formula is C23H20O5. The molecule has 5 heteroatoms. The van der Waals surface area contributed by atoms with Crippen LogP contribution in [0, 0.1) is 6.92 Å². The van der Waals surface area contributed by atoms with E-state index in [0.29, 0.717) is 34.2 Å². The van der Waals surface area contributed by atoms with E-state index in [0.717, 1.165) is 5.56 Å². The smallest absolute Gasteiger partial charge is 0.303 e. The van der Waals surface area contributed by atoms with Crippen molar-refractivity contribution in [3.63, 3.8) is 0 Å². The van der Waals surface area contributed by atoms with Crippen LogP contribution in [0.3, 0.4) is 0 Å². The number of carbonyl (C=O) groups is 2. The third-order valence-corrected chi connectivity index (χ3v) is 4.68. The topological polar surface area (TPSA) is 94.8 Å². The maximum atomic E-state index is 13.1. The number of benzene rings is 3. The number of hydrogen-bond donors (Lipinski definition) is 3. The van der Waals surface area contributed by atoms with E-state index in [1.165, 1.54) is 18.2 Å². The Bertz CT molecular complexity index is 1020. The fourth-order valence-corrected chi connectivity index (χ4v) is 3.12. The SMILES string of the molecule is Cc1c(O)ccc(C(=O)c2ccc(CCC(=O)O)cc2)c1-c1ccc(O)cc1. The number of carbonyl (C=O) groups excluding carboxylic acids is 1. The van der Waals surface area contributed by atoms with Crippen LogP contribution in [0.1, 0.15) is 33.5 Å². The van der Waals surface area contributed by atoms with E-state index in [1.54, 1.807) is 49.4 Å². The molecule has 0 aliphatic heterocycles. The van der Waals surface area contributed by atoms with Gasteiger partial charge in [-0.15, -0.1) is 0 Å². The summed E-state index contributed by atoms with van der Waals surface area (Å²) in [6, 6.07) is 16.4. The summed E-state index contributed by atoms with van der Waals surface area (Å²) < 4.78 is 0. The third kappa shape index (κ3) is 4.04. The molecule has 0 spiro atoms. The highest BCUT2D eigenvalue weighted by Gasteiger charge is 2.19. The van der Waals surface area contributed by atoms with Crippen molar-refractivity contribution in [2.45, 2.75) is 19.8 Å². The lowest BCUT2D eigenvalue weighted by Crippen LogP contribution is -2.05. The number of aryl methyl sites for hydroxylation is 1. The van der Waals surface area contributed by atoms with E-state index in [-0.39, 0.29) is 23.7 Å². The molecule has 0 saturated heterocycles. The van der Waals surface area contributed by atoms with Crippen molar-refractivity contribution in [1.82, 2.24) is 0 Å². The Balaban J connectivity index is 1.99. The van der Waals surface area contributed by atoms with E-state index in [9.17, 15) is 19.8 Å². The van der Waals surface area contributed by atoms with Crippen molar-refractivity contribution < 1.29 is 24.9 Å². The molecule has 142 valence electrons. The van der Waals surface area contributed by atoms with Crippen LogP contribution in [0.25, 0.3) is 11.1 Å². The number of phenolic OH excluding ortho intramolecular Hbond substituents is 2. The summed E-state index contributed by atoms with van der Waals surface area (Å²) in [6.07, 6.45) is 0.441. The maximum absolute atomic E-state index is 13.1. The van der Waals surface area contributed by atoms with Crippen molar-refractivity contribution in [2.75, 3.05) is 0 Å². The van der Waals surface area contributed by atoms with Crippen LogP contribution < -0.4 is 0 Å². The largest absolute Gasteiger partial charge is 0.508 e. The van der Waals surface area contributed by atoms with Gasteiger partial charge in [0.1, 0.15) is 11.5 Å². The summed E-state index contributed by atoms with van der Waals surface area (Å²) in [5, 5.41) is 28.4. The summed E-state index contributed by atoms with van der Waals surface area (Å²) in [5.74, 6) is -0.857. The highest BCUT2D eigenvalue weighted by Crippen LogP contribution is 2.34. The Morgan fingerprint density at radius 1 is 0.857 bits per heavy atom. The predicted molar refractivity (Wildman–Crippen MR) is 106 cm³/mol. The second kappa shape index (κ2) is 7.96. The molecule has 0 aromatic heterocycles. The number of carboxylic acids is 1. The Kier molecular flexibility index (Phi) is 5.45. The summed E-state index contributed by atoms with van der Waals surface area (Å²) in [7, 11) is 0. The van der Waals surface area contributed by atoms with Gasteiger partial charge in [0, 0.05) is 17.5 Å². The molecule has 3 rings (SSSR count). The molecule has 0 aliphatic carbocycles. The van der Waals surface area contributed by atoms with Gasteiger partial charge >= 0.3 is 5.97 Å². The molecule has 0 atom stereocenters. The number of aromatic hydroxyl groups is 2. The second-order valence-electron chi connectivity index (χ2n) is 6.60. The Morgan fingerprint density at radius 2 is 1.50 bits per heavy atom. The fraction of sp³-hybridized carbons (Fsp3) is 0.130. The molecule has 0 radical (unpaired) electrons. The lowest BCUT2D eigenvalue weighted by molar-refractivity contribution is -0.136. The van der Waals surface area contributed by atoms with Gasteiger partial charge in [0.05, 0.1) is 0 Å². The Hall–Kier alpha value is -3.60. The first-order valence-corrected chi connectivity index (χ1v) is 8.84. The summed E-state index contributed by atoms with van der Waals surface area (Å²) in [6.45, 7) is 1.74. The first kappa shape index (κ1) is 19.2. The number of carboxylic acid groups (broad SMARTS) is 1. The van der Waals surface area contributed by atoms with Gasteiger partial charge in [0.15, 0.2) is 5.78 Å². The van der Waals surface area contributed by atoms with Gasteiger partial charge < -0.3 is 15.3 Å². The van der Waals surface area contributed by atoms with Crippen molar-refractivity contribution in [3.05, 3.63) is 82.9 Å². The number of rotatable bonds is 6. The number of hydrogen-bond acceptors (Lipinski definition) is 4. The average Bonchev–Trinajstić information content (AvgIpc) is 2.69. The molecule has 0 heterocycles. The summed E-state index contributed by atoms with van der Waals surface area (Å²) in [4.78, 5) is 23.8. The lowest BCUT2D eigenvalue weighted by Gasteiger charge is -2.14. The minimum absolute atomic E-state index is 0.0372. The van der Waals surface area contributed by atoms with Gasteiger partial charge in [-0.2, -0.15) is 0 Å². The summed E-state index contributed by atoms with van der Waals surface area (Å²) in [5.41, 5.74) is 3.67. The zero-order valence-electron chi connectivity index (χ0n) is 15.3. The maximum Gasteiger partial charge on any atom is 0.303 e. The van der Waals surface area contributed by atoms with E-state index >= 15 is 0 Å². The molecule has 0 fully saturated rings. The zero-order chi connectivity index (χ0) is 20.3. The van der Waals surface area contributed by atoms with Crippen LogP contribution >= 0.6 is 0 Å². The molecule has 0 aliphatic rings. The van der Waals surface area contributed by atoms with Crippen LogP contribution in [0.5, 0.6) is 11.5 Å². The minimum Gasteiger partial charge on any atom is -0.508 e. The van der Waals surface area contributed by atoms with E-state index < -0.39 is 5.97 Å². The molecule has 5 nitrogen and oxygen atoms in total. The number of aliphatic carboxylic acids is 1. The molecule has 0 saturated carbocycles. The van der Waals surface area contributed by atoms with E-state index in [4.69, 9.17) is 5.11 Å². The van der Waals surface area contributed by atoms with Crippen LogP contribution in [0.15, 0.2) is 60.7 Å². The molecule has 28 heavy (non-hydrogen) atoms. The van der Waals surface area contributed by atoms with E-state index in [1.807, 2.05) is 0 Å². The molecule has 0 bridgehead atoms. The predicted octanol–water partition coefficient (Wildman–Crippen LogP) is 4.32. The molecule has 0 amide bonds. The van der Waals surface area contributed by atoms with Gasteiger partial charge in [-0.05, 0) is 59.9 Å². The molecule has 3 N–H and O–H groups in total. The number of phenols is 2. The Morgan fingerprint density at radius 3 is 2.11 bits per heavy atom. The van der Waals surface area contributed by atoms with Crippen LogP contribution in [-0.4, -0.2) is 27.1 Å². The van der Waals surface area contributed by atoms with Crippen molar-refractivity contribution in [1.29, 1.82) is 0 Å². The van der Waals surface area contributed by atoms with Crippen molar-refractivity contribution in [3.8, 4) is 22.6 Å². The van der Waals surface area contributed by atoms with E-state index in [2.05, 4.69) is 0 Å². The highest BCUT2D eigenvalue weighted by molar-refractivity contribution is 6.13. The first-order valence-electron chi connectivity index (χ1n) is 8.84. The van der Waals surface area contributed by atoms with Gasteiger partial charge in [-0.1, -0.05) is 36.4 Å². The average molecular weight is 376 g/mol. The van der Waals surface area contributed by atoms with Crippen molar-refractivity contribution in [2.24, 2.45) is 0 Å². The van der Waals surface area contributed by atoms with Crippen LogP contribution in [0.2, 0.25) is 0 Å². The summed E-state index contributed by atoms with van der Waals surface area (Å²) >= 11 is 0. The van der Waals surface area contributed by atoms with Crippen molar-refractivity contribution >= 4 is 11.8 Å². The molecule has 0 unspecified atom stereocenters. The molecular weight excluding hydrogens is 356 g/mol. The van der Waals surface area contributed by atoms with Crippen LogP contribution in [0.4, 0.5) is 0 Å². The normalized spacial score (nSPS) is 10.6. The number of ketones is 1. The van der Waals surface area contributed by atoms with Gasteiger partial charge in [0.25, 0.3) is 0 Å². The quantitative estimate of drug-likeness (QED) is 0.557. The minimum atomic E-state index is -0.863. The highest BCUT2D eigenvalue weighted by atomic mass is 16.4. The van der Waals surface area contributed by atoms with Gasteiger partial charge in [0.2, 0.25) is 0 Å². The standard InChI is InChI=1S/C23H20O5/c1-14-20(25)12-11-19(22(14)16-7-9-18(24)10-8-16)23(28)17-5-2-15(3-6-17)4-13-21(26)27/h2-3,5-12,24-25H,4,13H2,1H3,(H,26,27). The molecule has 3 aromatic carbocycles. The van der Waals surface area contributed by atoms with Gasteiger partial charge in [-0.3, -0.25) is 9.59 Å². The lowest BCUT2D eigenvalue weighted by atomic mass is 9.90. The fourth-order valence-electron chi connectivity index (χ4n) is 3.12. The van der Waals surface area contributed by atoms with Gasteiger partial charge in [-0.25, -0.2) is 0 Å². The monoisotopic (exact) mass is 376 g/mol. The Labute approximate surface area is 162 Å². The first-order chi connectivity index (χ1) is 13.4. The molecule has 3 aromatic rings. The van der Waals surface area contributed by atoms with Crippen LogP contribution in [-0.2, 0) is 11.2 Å². The second-order valence-corrected chi connectivity index (χ2v) is 6.60.